The first-order valence-corrected chi connectivity index (χ1v) is 11.6. The first kappa shape index (κ1) is 21.6. The molecule has 0 spiro atoms. The molecule has 1 saturated heterocycles. The Labute approximate surface area is 197 Å². The minimum Gasteiger partial charge on any atom is -0.381 e. The molecule has 3 heterocycles. The number of aromatic nitrogens is 3. The molecule has 2 aromatic carbocycles. The lowest BCUT2D eigenvalue weighted by Gasteiger charge is -2.23. The van der Waals surface area contributed by atoms with E-state index in [-0.39, 0.29) is 11.6 Å². The number of halogens is 1. The molecule has 1 aliphatic rings. The number of rotatable bonds is 5. The molecular weight excluding hydrogens is 436 g/mol. The number of nitrogens with zero attached hydrogens (tertiary/aromatic N) is 3. The van der Waals surface area contributed by atoms with Gasteiger partial charge in [0, 0.05) is 53.5 Å². The van der Waals surface area contributed by atoms with Crippen LogP contribution in [0.4, 0.5) is 5.95 Å². The highest BCUT2D eigenvalue weighted by molar-refractivity contribution is 6.33. The highest BCUT2D eigenvalue weighted by atomic mass is 35.5. The monoisotopic (exact) mass is 460 g/mol. The molecule has 7 heteroatoms. The Morgan fingerprint density at radius 1 is 1.06 bits per heavy atom. The molecule has 0 saturated carbocycles. The number of ether oxygens (including phenoxy) is 1. The van der Waals surface area contributed by atoms with Crippen molar-refractivity contribution >= 4 is 28.6 Å². The number of hydrogen-bond donors (Lipinski definition) is 1. The molecule has 6 nitrogen and oxygen atoms in total. The predicted molar refractivity (Wildman–Crippen MR) is 133 cm³/mol. The van der Waals surface area contributed by atoms with Crippen LogP contribution in [0.5, 0.6) is 0 Å². The average molecular weight is 461 g/mol. The van der Waals surface area contributed by atoms with E-state index in [0.717, 1.165) is 42.6 Å². The van der Waals surface area contributed by atoms with Crippen LogP contribution in [0.3, 0.4) is 0 Å². The third-order valence-electron chi connectivity index (χ3n) is 6.06. The summed E-state index contributed by atoms with van der Waals surface area (Å²) in [5, 5.41) is 4.72. The van der Waals surface area contributed by atoms with Gasteiger partial charge in [0.2, 0.25) is 5.95 Å². The highest BCUT2D eigenvalue weighted by Crippen LogP contribution is 2.32. The van der Waals surface area contributed by atoms with Gasteiger partial charge in [-0.2, -0.15) is 4.98 Å². The molecule has 168 valence electrons. The summed E-state index contributed by atoms with van der Waals surface area (Å²) in [6, 6.07) is 18.0. The van der Waals surface area contributed by atoms with Gasteiger partial charge in [0.15, 0.2) is 0 Å². The van der Waals surface area contributed by atoms with Gasteiger partial charge in [-0.1, -0.05) is 54.1 Å². The molecule has 4 aromatic rings. The number of nitrogens with one attached hydrogen (secondary N) is 1. The summed E-state index contributed by atoms with van der Waals surface area (Å²) in [6.45, 7) is 3.91. The normalized spacial score (nSPS) is 14.5. The Morgan fingerprint density at radius 3 is 2.58 bits per heavy atom. The molecule has 2 aromatic heterocycles. The second-order valence-electron chi connectivity index (χ2n) is 8.17. The van der Waals surface area contributed by atoms with Crippen molar-refractivity contribution in [3.63, 3.8) is 0 Å². The molecule has 1 aliphatic heterocycles. The zero-order valence-electron chi connectivity index (χ0n) is 18.4. The molecule has 0 unspecified atom stereocenters. The van der Waals surface area contributed by atoms with Crippen LogP contribution in [-0.2, 0) is 11.3 Å². The number of anilines is 1. The largest absolute Gasteiger partial charge is 0.381 e. The van der Waals surface area contributed by atoms with Crippen molar-refractivity contribution in [2.24, 2.45) is 0 Å². The Hall–Kier alpha value is -3.22. The summed E-state index contributed by atoms with van der Waals surface area (Å²) in [7, 11) is 0. The quantitative estimate of drug-likeness (QED) is 0.432. The summed E-state index contributed by atoms with van der Waals surface area (Å²) in [5.74, 6) is 0.536. The molecule has 0 aliphatic carbocycles. The van der Waals surface area contributed by atoms with Crippen molar-refractivity contribution < 1.29 is 4.74 Å². The standard InChI is InChI=1S/C26H25ClN4O2/c1-2-31-24-19(16-28-26(30-24)29-20-10-12-33-13-11-20)14-22(25(31)32)21-9-8-18(15-23(21)27)17-6-4-3-5-7-17/h3-9,14-16,20H,2,10-13H2,1H3,(H,28,29,30). The molecule has 1 N–H and O–H groups in total. The highest BCUT2D eigenvalue weighted by Gasteiger charge is 2.18. The van der Waals surface area contributed by atoms with Crippen molar-refractivity contribution in [3.8, 4) is 22.3 Å². The summed E-state index contributed by atoms with van der Waals surface area (Å²) < 4.78 is 7.10. The minimum absolute atomic E-state index is 0.116. The van der Waals surface area contributed by atoms with E-state index in [1.165, 1.54) is 0 Å². The third kappa shape index (κ3) is 4.36. The van der Waals surface area contributed by atoms with Crippen LogP contribution in [0.25, 0.3) is 33.3 Å². The van der Waals surface area contributed by atoms with Crippen molar-refractivity contribution in [1.82, 2.24) is 14.5 Å². The second kappa shape index (κ2) is 9.33. The minimum atomic E-state index is -0.116. The van der Waals surface area contributed by atoms with E-state index in [2.05, 4.69) is 15.3 Å². The van der Waals surface area contributed by atoms with E-state index < -0.39 is 0 Å². The van der Waals surface area contributed by atoms with E-state index >= 15 is 0 Å². The van der Waals surface area contributed by atoms with Crippen molar-refractivity contribution in [2.45, 2.75) is 32.4 Å². The maximum absolute atomic E-state index is 13.4. The Morgan fingerprint density at radius 2 is 1.85 bits per heavy atom. The number of benzene rings is 2. The smallest absolute Gasteiger partial charge is 0.260 e. The number of aryl methyl sites for hydroxylation is 1. The van der Waals surface area contributed by atoms with Crippen LogP contribution in [-0.4, -0.2) is 33.8 Å². The Bertz CT molecular complexity index is 1350. The Balaban J connectivity index is 1.54. The average Bonchev–Trinajstić information content (AvgIpc) is 2.85. The van der Waals surface area contributed by atoms with Crippen LogP contribution in [0.15, 0.2) is 65.6 Å². The van der Waals surface area contributed by atoms with Crippen LogP contribution < -0.4 is 10.9 Å². The van der Waals surface area contributed by atoms with Crippen LogP contribution in [0, 0.1) is 0 Å². The summed E-state index contributed by atoms with van der Waals surface area (Å²) in [6.07, 6.45) is 3.60. The summed E-state index contributed by atoms with van der Waals surface area (Å²) in [4.78, 5) is 22.6. The fourth-order valence-corrected chi connectivity index (χ4v) is 4.57. The van der Waals surface area contributed by atoms with Crippen molar-refractivity contribution in [1.29, 1.82) is 0 Å². The molecule has 5 rings (SSSR count). The van der Waals surface area contributed by atoms with E-state index in [1.54, 1.807) is 10.8 Å². The first-order chi connectivity index (χ1) is 16.1. The summed E-state index contributed by atoms with van der Waals surface area (Å²) >= 11 is 6.67. The SMILES string of the molecule is CCn1c(=O)c(-c2ccc(-c3ccccc3)cc2Cl)cc2cnc(NC3CCOCC3)nc21. The van der Waals surface area contributed by atoms with Gasteiger partial charge in [0.05, 0.1) is 0 Å². The first-order valence-electron chi connectivity index (χ1n) is 11.2. The van der Waals surface area contributed by atoms with E-state index in [4.69, 9.17) is 16.3 Å². The lowest BCUT2D eigenvalue weighted by molar-refractivity contribution is 0.0903. The predicted octanol–water partition coefficient (Wildman–Crippen LogP) is 5.39. The molecule has 33 heavy (non-hydrogen) atoms. The molecule has 0 radical (unpaired) electrons. The van der Waals surface area contributed by atoms with E-state index in [9.17, 15) is 4.79 Å². The van der Waals surface area contributed by atoms with Crippen LogP contribution in [0.2, 0.25) is 5.02 Å². The van der Waals surface area contributed by atoms with Gasteiger partial charge in [-0.15, -0.1) is 0 Å². The maximum atomic E-state index is 13.4. The van der Waals surface area contributed by atoms with Gasteiger partial charge < -0.3 is 10.1 Å². The summed E-state index contributed by atoms with van der Waals surface area (Å²) in [5.41, 5.74) is 3.84. The van der Waals surface area contributed by atoms with Crippen molar-refractivity contribution in [3.05, 3.63) is 76.2 Å². The van der Waals surface area contributed by atoms with Crippen LogP contribution in [0.1, 0.15) is 19.8 Å². The van der Waals surface area contributed by atoms with Crippen molar-refractivity contribution in [2.75, 3.05) is 18.5 Å². The zero-order chi connectivity index (χ0) is 22.8. The topological polar surface area (TPSA) is 69.0 Å². The molecule has 0 amide bonds. The van der Waals surface area contributed by atoms with Gasteiger partial charge in [0.25, 0.3) is 5.56 Å². The van der Waals surface area contributed by atoms with Gasteiger partial charge in [0.1, 0.15) is 5.65 Å². The van der Waals surface area contributed by atoms with E-state index in [1.807, 2.05) is 61.5 Å². The second-order valence-corrected chi connectivity index (χ2v) is 8.58. The molecule has 1 fully saturated rings. The maximum Gasteiger partial charge on any atom is 0.260 e. The lowest BCUT2D eigenvalue weighted by atomic mass is 10.0. The van der Waals surface area contributed by atoms with Gasteiger partial charge in [-0.25, -0.2) is 4.98 Å². The molecule has 0 atom stereocenters. The number of hydrogen-bond acceptors (Lipinski definition) is 5. The number of fused-ring (bicyclic) bond motifs is 1. The lowest BCUT2D eigenvalue weighted by Crippen LogP contribution is -2.29. The number of pyridine rings is 1. The molecule has 0 bridgehead atoms. The Kier molecular flexibility index (Phi) is 6.11. The fraction of sp³-hybridized carbons (Fsp3) is 0.269. The third-order valence-corrected chi connectivity index (χ3v) is 6.38. The van der Waals surface area contributed by atoms with Crippen LogP contribution >= 0.6 is 11.6 Å². The fourth-order valence-electron chi connectivity index (χ4n) is 4.28. The zero-order valence-corrected chi connectivity index (χ0v) is 19.2. The molecular formula is C26H25ClN4O2. The van der Waals surface area contributed by atoms with E-state index in [0.29, 0.717) is 34.3 Å². The van der Waals surface area contributed by atoms with Gasteiger partial charge in [-0.3, -0.25) is 9.36 Å². The van der Waals surface area contributed by atoms with Gasteiger partial charge in [-0.05, 0) is 43.0 Å². The van der Waals surface area contributed by atoms with Gasteiger partial charge >= 0.3 is 0 Å².